The first-order chi connectivity index (χ1) is 6.13. The Hall–Kier alpha value is -0.630. The molecule has 0 aliphatic heterocycles. The van der Waals surface area contributed by atoms with E-state index < -0.39 is 0 Å². The minimum absolute atomic E-state index is 0.291. The van der Waals surface area contributed by atoms with E-state index in [9.17, 15) is 4.79 Å². The number of Topliss-reactive ketones (excluding diaryl/α,β-unsaturated/α-hetero) is 1. The molecule has 0 fully saturated rings. The summed E-state index contributed by atoms with van der Waals surface area (Å²) in [6.07, 6.45) is 1.70. The largest absolute Gasteiger partial charge is 0.293 e. The van der Waals surface area contributed by atoms with Crippen LogP contribution in [0.1, 0.15) is 41.7 Å². The molecule has 0 aliphatic rings. The van der Waals surface area contributed by atoms with E-state index in [4.69, 9.17) is 0 Å². The van der Waals surface area contributed by atoms with Crippen molar-refractivity contribution in [2.75, 3.05) is 0 Å². The van der Waals surface area contributed by atoms with Crippen molar-refractivity contribution in [2.24, 2.45) is 5.92 Å². The number of hydrogen-bond acceptors (Lipinski definition) is 2. The Morgan fingerprint density at radius 2 is 2.15 bits per heavy atom. The number of carbonyl (C=O) groups excluding carboxylic acids is 1. The lowest BCUT2D eigenvalue weighted by molar-refractivity contribution is 0.0972. The Labute approximate surface area is 83.8 Å². The highest BCUT2D eigenvalue weighted by molar-refractivity contribution is 7.14. The summed E-state index contributed by atoms with van der Waals surface area (Å²) in [5.74, 6) is 0.749. The normalized spacial score (nSPS) is 10.8. The summed E-state index contributed by atoms with van der Waals surface area (Å²) in [4.78, 5) is 13.8. The molecule has 0 bridgehead atoms. The molecule has 13 heavy (non-hydrogen) atoms. The van der Waals surface area contributed by atoms with Crippen LogP contribution in [-0.4, -0.2) is 5.78 Å². The summed E-state index contributed by atoms with van der Waals surface area (Å²) in [5.41, 5.74) is 0. The Bertz CT molecular complexity index is 286. The van der Waals surface area contributed by atoms with Crippen molar-refractivity contribution in [3.8, 4) is 0 Å². The van der Waals surface area contributed by atoms with Gasteiger partial charge in [-0.1, -0.05) is 20.8 Å². The van der Waals surface area contributed by atoms with Crippen LogP contribution in [0.15, 0.2) is 12.1 Å². The molecule has 0 saturated carbocycles. The van der Waals surface area contributed by atoms with Crippen LogP contribution in [0.25, 0.3) is 0 Å². The van der Waals surface area contributed by atoms with Crippen molar-refractivity contribution in [3.63, 3.8) is 0 Å². The smallest absolute Gasteiger partial charge is 0.173 e. The first-order valence-corrected chi connectivity index (χ1v) is 5.57. The number of rotatable bonds is 4. The summed E-state index contributed by atoms with van der Waals surface area (Å²) < 4.78 is 0. The summed E-state index contributed by atoms with van der Waals surface area (Å²) >= 11 is 1.63. The van der Waals surface area contributed by atoms with Gasteiger partial charge in [-0.05, 0) is 24.5 Å². The number of thiophene rings is 1. The number of carbonyl (C=O) groups is 1. The SMILES string of the molecule is CCc1ccc(C(=O)CC(C)C)s1. The molecule has 2 heteroatoms. The predicted octanol–water partition coefficient (Wildman–Crippen LogP) is 3.54. The lowest BCUT2D eigenvalue weighted by atomic mass is 10.1. The highest BCUT2D eigenvalue weighted by Gasteiger charge is 2.10. The van der Waals surface area contributed by atoms with Gasteiger partial charge in [-0.3, -0.25) is 4.79 Å². The topological polar surface area (TPSA) is 17.1 Å². The fourth-order valence-corrected chi connectivity index (χ4v) is 2.09. The van der Waals surface area contributed by atoms with E-state index in [1.807, 2.05) is 6.07 Å². The first kappa shape index (κ1) is 10.5. The monoisotopic (exact) mass is 196 g/mol. The van der Waals surface area contributed by atoms with Crippen molar-refractivity contribution in [3.05, 3.63) is 21.9 Å². The van der Waals surface area contributed by atoms with Crippen LogP contribution in [0.4, 0.5) is 0 Å². The van der Waals surface area contributed by atoms with E-state index in [0.29, 0.717) is 18.1 Å². The summed E-state index contributed by atoms with van der Waals surface area (Å²) in [6.45, 7) is 6.26. The average Bonchev–Trinajstić information content (AvgIpc) is 2.50. The van der Waals surface area contributed by atoms with Gasteiger partial charge >= 0.3 is 0 Å². The third-order valence-corrected chi connectivity index (χ3v) is 3.15. The van der Waals surface area contributed by atoms with Gasteiger partial charge in [0.15, 0.2) is 5.78 Å². The molecule has 1 rings (SSSR count). The van der Waals surface area contributed by atoms with Crippen LogP contribution >= 0.6 is 11.3 Å². The first-order valence-electron chi connectivity index (χ1n) is 4.75. The van der Waals surface area contributed by atoms with E-state index in [-0.39, 0.29) is 0 Å². The predicted molar refractivity (Wildman–Crippen MR) is 57.5 cm³/mol. The standard InChI is InChI=1S/C11H16OS/c1-4-9-5-6-11(13-9)10(12)7-8(2)3/h5-6,8H,4,7H2,1-3H3. The molecule has 0 amide bonds. The van der Waals surface area contributed by atoms with Crippen LogP contribution < -0.4 is 0 Å². The number of aryl methyl sites for hydroxylation is 1. The third kappa shape index (κ3) is 2.96. The van der Waals surface area contributed by atoms with Gasteiger partial charge in [0.1, 0.15) is 0 Å². The minimum Gasteiger partial charge on any atom is -0.293 e. The van der Waals surface area contributed by atoms with Gasteiger partial charge in [-0.25, -0.2) is 0 Å². The number of hydrogen-bond donors (Lipinski definition) is 0. The Balaban J connectivity index is 2.66. The Kier molecular flexibility index (Phi) is 3.67. The van der Waals surface area contributed by atoms with Gasteiger partial charge in [0, 0.05) is 11.3 Å². The summed E-state index contributed by atoms with van der Waals surface area (Å²) in [5, 5.41) is 0. The highest BCUT2D eigenvalue weighted by atomic mass is 32.1. The van der Waals surface area contributed by atoms with Crippen molar-refractivity contribution >= 4 is 17.1 Å². The quantitative estimate of drug-likeness (QED) is 0.673. The molecule has 0 N–H and O–H groups in total. The zero-order valence-electron chi connectivity index (χ0n) is 8.46. The van der Waals surface area contributed by atoms with Crippen molar-refractivity contribution in [1.82, 2.24) is 0 Å². The Morgan fingerprint density at radius 1 is 1.46 bits per heavy atom. The molecule has 0 spiro atoms. The van der Waals surface area contributed by atoms with E-state index in [2.05, 4.69) is 26.8 Å². The van der Waals surface area contributed by atoms with Crippen molar-refractivity contribution < 1.29 is 4.79 Å². The second-order valence-electron chi connectivity index (χ2n) is 3.64. The van der Waals surface area contributed by atoms with Gasteiger partial charge in [-0.2, -0.15) is 0 Å². The molecule has 1 nitrogen and oxygen atoms in total. The van der Waals surface area contributed by atoms with Crippen molar-refractivity contribution in [1.29, 1.82) is 0 Å². The fraction of sp³-hybridized carbons (Fsp3) is 0.545. The maximum absolute atomic E-state index is 11.6. The third-order valence-electron chi connectivity index (χ3n) is 1.88. The van der Waals surface area contributed by atoms with Crippen LogP contribution in [0, 0.1) is 5.92 Å². The van der Waals surface area contributed by atoms with Gasteiger partial charge in [0.05, 0.1) is 4.88 Å². The van der Waals surface area contributed by atoms with Crippen LogP contribution in [0.2, 0.25) is 0 Å². The van der Waals surface area contributed by atoms with E-state index in [1.54, 1.807) is 11.3 Å². The van der Waals surface area contributed by atoms with Gasteiger partial charge < -0.3 is 0 Å². The molecule has 0 aliphatic carbocycles. The van der Waals surface area contributed by atoms with E-state index in [1.165, 1.54) is 4.88 Å². The second kappa shape index (κ2) is 4.56. The zero-order valence-corrected chi connectivity index (χ0v) is 9.28. The molecular formula is C11H16OS. The van der Waals surface area contributed by atoms with E-state index in [0.717, 1.165) is 11.3 Å². The lowest BCUT2D eigenvalue weighted by Gasteiger charge is -2.00. The maximum atomic E-state index is 11.6. The Morgan fingerprint density at radius 3 is 2.62 bits per heavy atom. The van der Waals surface area contributed by atoms with Gasteiger partial charge in [-0.15, -0.1) is 11.3 Å². The second-order valence-corrected chi connectivity index (χ2v) is 4.81. The average molecular weight is 196 g/mol. The molecule has 0 aromatic carbocycles. The lowest BCUT2D eigenvalue weighted by Crippen LogP contribution is -2.00. The molecule has 0 saturated heterocycles. The maximum Gasteiger partial charge on any atom is 0.173 e. The van der Waals surface area contributed by atoms with Crippen molar-refractivity contribution in [2.45, 2.75) is 33.6 Å². The fourth-order valence-electron chi connectivity index (χ4n) is 1.19. The molecule has 0 atom stereocenters. The molecule has 1 aromatic heterocycles. The molecule has 0 radical (unpaired) electrons. The van der Waals surface area contributed by atoms with Crippen LogP contribution in [0.3, 0.4) is 0 Å². The summed E-state index contributed by atoms with van der Waals surface area (Å²) in [7, 11) is 0. The van der Waals surface area contributed by atoms with E-state index >= 15 is 0 Å². The van der Waals surface area contributed by atoms with Gasteiger partial charge in [0.2, 0.25) is 0 Å². The van der Waals surface area contributed by atoms with Crippen LogP contribution in [0.5, 0.6) is 0 Å². The van der Waals surface area contributed by atoms with Crippen LogP contribution in [-0.2, 0) is 6.42 Å². The summed E-state index contributed by atoms with van der Waals surface area (Å²) in [6, 6.07) is 4.01. The number of ketones is 1. The zero-order chi connectivity index (χ0) is 9.84. The highest BCUT2D eigenvalue weighted by Crippen LogP contribution is 2.19. The minimum atomic E-state index is 0.291. The molecular weight excluding hydrogens is 180 g/mol. The van der Waals surface area contributed by atoms with Gasteiger partial charge in [0.25, 0.3) is 0 Å². The molecule has 1 heterocycles. The molecule has 72 valence electrons. The molecule has 0 unspecified atom stereocenters. The molecule has 1 aromatic rings.